The normalized spacial score (nSPS) is 16.4. The molecule has 0 fully saturated rings. The molecule has 0 aliphatic carbocycles. The van der Waals surface area contributed by atoms with E-state index in [9.17, 15) is 14.7 Å². The van der Waals surface area contributed by atoms with Gasteiger partial charge in [0.15, 0.2) is 5.56 Å². The Morgan fingerprint density at radius 2 is 2.15 bits per heavy atom. The fourth-order valence-electron chi connectivity index (χ4n) is 2.71. The van der Waals surface area contributed by atoms with Crippen LogP contribution in [0.15, 0.2) is 29.1 Å². The molecule has 0 radical (unpaired) electrons. The number of rotatable bonds is 2. The van der Waals surface area contributed by atoms with Gasteiger partial charge in [-0.2, -0.15) is 0 Å². The van der Waals surface area contributed by atoms with Crippen molar-refractivity contribution in [2.75, 3.05) is 7.11 Å². The SMILES string of the molecule is COc1c(C(=O)O)c(=O)c2cccc3c2n1C(C)C=C3. The lowest BCUT2D eigenvalue weighted by Crippen LogP contribution is -2.24. The highest BCUT2D eigenvalue weighted by atomic mass is 16.5. The third-order valence-corrected chi connectivity index (χ3v) is 3.58. The largest absolute Gasteiger partial charge is 0.481 e. The summed E-state index contributed by atoms with van der Waals surface area (Å²) in [5.41, 5.74) is 0.770. The predicted molar refractivity (Wildman–Crippen MR) is 75.5 cm³/mol. The first-order chi connectivity index (χ1) is 9.56. The Labute approximate surface area is 114 Å². The van der Waals surface area contributed by atoms with Gasteiger partial charge in [0.25, 0.3) is 0 Å². The van der Waals surface area contributed by atoms with Crippen LogP contribution < -0.4 is 10.2 Å². The Balaban J connectivity index is 2.62. The Bertz CT molecular complexity index is 817. The number of carbonyl (C=O) groups is 1. The number of carboxylic acids is 1. The second-order valence-electron chi connectivity index (χ2n) is 4.73. The van der Waals surface area contributed by atoms with Crippen molar-refractivity contribution >= 4 is 22.9 Å². The van der Waals surface area contributed by atoms with Gasteiger partial charge in [-0.25, -0.2) is 4.79 Å². The molecule has 1 aromatic heterocycles. The number of methoxy groups -OCH3 is 1. The number of para-hydroxylation sites is 1. The molecule has 1 N–H and O–H groups in total. The Kier molecular flexibility index (Phi) is 2.64. The summed E-state index contributed by atoms with van der Waals surface area (Å²) in [4.78, 5) is 23.8. The molecule has 20 heavy (non-hydrogen) atoms. The molecule has 1 aromatic carbocycles. The van der Waals surface area contributed by atoms with Crippen molar-refractivity contribution in [2.45, 2.75) is 13.0 Å². The van der Waals surface area contributed by atoms with Crippen LogP contribution in [0.5, 0.6) is 5.88 Å². The molecule has 0 bridgehead atoms. The lowest BCUT2D eigenvalue weighted by molar-refractivity contribution is 0.0690. The maximum absolute atomic E-state index is 12.4. The van der Waals surface area contributed by atoms with E-state index in [2.05, 4.69) is 0 Å². The molecule has 1 aliphatic heterocycles. The fourth-order valence-corrected chi connectivity index (χ4v) is 2.71. The minimum atomic E-state index is -1.27. The number of hydrogen-bond acceptors (Lipinski definition) is 3. The van der Waals surface area contributed by atoms with Gasteiger partial charge in [0.1, 0.15) is 0 Å². The standard InChI is InChI=1S/C15H13NO4/c1-8-6-7-9-4-3-5-10-12(9)16(8)14(20-2)11(13(10)17)15(18)19/h3-8H,1-2H3,(H,18,19). The van der Waals surface area contributed by atoms with Crippen LogP contribution >= 0.6 is 0 Å². The maximum atomic E-state index is 12.4. The number of allylic oxidation sites excluding steroid dienone is 1. The maximum Gasteiger partial charge on any atom is 0.345 e. The molecule has 0 saturated carbocycles. The van der Waals surface area contributed by atoms with E-state index >= 15 is 0 Å². The Morgan fingerprint density at radius 1 is 1.40 bits per heavy atom. The topological polar surface area (TPSA) is 68.5 Å². The van der Waals surface area contributed by atoms with Crippen LogP contribution in [0.25, 0.3) is 17.0 Å². The van der Waals surface area contributed by atoms with E-state index in [1.54, 1.807) is 16.7 Å². The summed E-state index contributed by atoms with van der Waals surface area (Å²) in [7, 11) is 1.38. The lowest BCUT2D eigenvalue weighted by Gasteiger charge is -2.25. The summed E-state index contributed by atoms with van der Waals surface area (Å²) < 4.78 is 6.98. The minimum Gasteiger partial charge on any atom is -0.481 e. The number of nitrogens with zero attached hydrogens (tertiary/aromatic N) is 1. The van der Waals surface area contributed by atoms with Gasteiger partial charge < -0.3 is 14.4 Å². The first-order valence-electron chi connectivity index (χ1n) is 6.23. The zero-order valence-corrected chi connectivity index (χ0v) is 11.1. The molecule has 5 nitrogen and oxygen atoms in total. The zero-order chi connectivity index (χ0) is 14.4. The molecule has 3 rings (SSSR count). The van der Waals surface area contributed by atoms with Gasteiger partial charge in [0.2, 0.25) is 11.3 Å². The molecule has 5 heteroatoms. The van der Waals surface area contributed by atoms with Crippen LogP contribution in [0.4, 0.5) is 0 Å². The van der Waals surface area contributed by atoms with E-state index in [-0.39, 0.29) is 17.5 Å². The second kappa shape index (κ2) is 4.23. The van der Waals surface area contributed by atoms with Crippen LogP contribution in [0.1, 0.15) is 28.9 Å². The molecule has 0 amide bonds. The second-order valence-corrected chi connectivity index (χ2v) is 4.73. The molecule has 0 saturated heterocycles. The number of aromatic nitrogens is 1. The van der Waals surface area contributed by atoms with Gasteiger partial charge in [-0.1, -0.05) is 24.3 Å². The smallest absolute Gasteiger partial charge is 0.345 e. The van der Waals surface area contributed by atoms with Crippen molar-refractivity contribution in [2.24, 2.45) is 0 Å². The van der Waals surface area contributed by atoms with Gasteiger partial charge in [-0.05, 0) is 18.6 Å². The third-order valence-electron chi connectivity index (χ3n) is 3.58. The van der Waals surface area contributed by atoms with E-state index in [1.807, 2.05) is 25.1 Å². The molecule has 102 valence electrons. The fraction of sp³-hybridized carbons (Fsp3) is 0.200. The summed E-state index contributed by atoms with van der Waals surface area (Å²) >= 11 is 0. The summed E-state index contributed by atoms with van der Waals surface area (Å²) in [5, 5.41) is 9.72. The van der Waals surface area contributed by atoms with Crippen LogP contribution in [-0.4, -0.2) is 22.8 Å². The number of aromatic carboxylic acids is 1. The van der Waals surface area contributed by atoms with E-state index < -0.39 is 11.4 Å². The van der Waals surface area contributed by atoms with E-state index in [0.717, 1.165) is 5.56 Å². The molecular weight excluding hydrogens is 258 g/mol. The predicted octanol–water partition coefficient (Wildman–Crippen LogP) is 2.30. The van der Waals surface area contributed by atoms with Crippen molar-refractivity contribution in [1.82, 2.24) is 4.57 Å². The monoisotopic (exact) mass is 271 g/mol. The van der Waals surface area contributed by atoms with Crippen molar-refractivity contribution in [1.29, 1.82) is 0 Å². The van der Waals surface area contributed by atoms with Crippen molar-refractivity contribution < 1.29 is 14.6 Å². The number of ether oxygens (including phenoxy) is 1. The Morgan fingerprint density at radius 3 is 2.80 bits per heavy atom. The van der Waals surface area contributed by atoms with Crippen LogP contribution in [0, 0.1) is 0 Å². The average molecular weight is 271 g/mol. The summed E-state index contributed by atoms with van der Waals surface area (Å²) in [5.74, 6) is -1.18. The van der Waals surface area contributed by atoms with Gasteiger partial charge in [0.05, 0.1) is 18.7 Å². The van der Waals surface area contributed by atoms with Gasteiger partial charge >= 0.3 is 5.97 Å². The van der Waals surface area contributed by atoms with Crippen molar-refractivity contribution in [3.8, 4) is 5.88 Å². The van der Waals surface area contributed by atoms with Gasteiger partial charge in [-0.3, -0.25) is 4.79 Å². The molecule has 0 spiro atoms. The van der Waals surface area contributed by atoms with E-state index in [0.29, 0.717) is 10.9 Å². The number of hydrogen-bond donors (Lipinski definition) is 1. The van der Waals surface area contributed by atoms with Crippen LogP contribution in [-0.2, 0) is 0 Å². The number of benzene rings is 1. The quantitative estimate of drug-likeness (QED) is 0.910. The molecule has 1 aliphatic rings. The van der Waals surface area contributed by atoms with Gasteiger partial charge in [0, 0.05) is 5.39 Å². The van der Waals surface area contributed by atoms with Crippen LogP contribution in [0.2, 0.25) is 0 Å². The molecule has 1 unspecified atom stereocenters. The van der Waals surface area contributed by atoms with E-state index in [4.69, 9.17) is 4.74 Å². The number of pyridine rings is 1. The average Bonchev–Trinajstić information content (AvgIpc) is 2.43. The zero-order valence-electron chi connectivity index (χ0n) is 11.1. The van der Waals surface area contributed by atoms with Crippen molar-refractivity contribution in [3.05, 3.63) is 45.6 Å². The lowest BCUT2D eigenvalue weighted by atomic mass is 10.0. The summed E-state index contributed by atoms with van der Waals surface area (Å²) in [6, 6.07) is 5.21. The third kappa shape index (κ3) is 1.49. The van der Waals surface area contributed by atoms with Crippen LogP contribution in [0.3, 0.4) is 0 Å². The van der Waals surface area contributed by atoms with Crippen molar-refractivity contribution in [3.63, 3.8) is 0 Å². The highest BCUT2D eigenvalue weighted by Crippen LogP contribution is 2.33. The number of carboxylic acid groups (broad SMARTS) is 1. The summed E-state index contributed by atoms with van der Waals surface area (Å²) in [6.07, 6.45) is 3.88. The van der Waals surface area contributed by atoms with Gasteiger partial charge in [-0.15, -0.1) is 0 Å². The molecular formula is C15H13NO4. The minimum absolute atomic E-state index is 0.0824. The first kappa shape index (κ1) is 12.5. The molecule has 2 aromatic rings. The highest BCUT2D eigenvalue weighted by molar-refractivity contribution is 5.98. The highest BCUT2D eigenvalue weighted by Gasteiger charge is 2.26. The Hall–Kier alpha value is -2.56. The van der Waals surface area contributed by atoms with E-state index in [1.165, 1.54) is 7.11 Å². The first-order valence-corrected chi connectivity index (χ1v) is 6.23. The molecule has 1 atom stereocenters. The molecule has 2 heterocycles. The summed E-state index contributed by atoms with van der Waals surface area (Å²) in [6.45, 7) is 1.92.